The van der Waals surface area contributed by atoms with Crippen molar-refractivity contribution in [3.05, 3.63) is 53.6 Å². The quantitative estimate of drug-likeness (QED) is 0.658. The van der Waals surface area contributed by atoms with Crippen molar-refractivity contribution in [1.82, 2.24) is 0 Å². The number of rotatable bonds is 9. The lowest BCUT2D eigenvalue weighted by Gasteiger charge is -2.23. The highest BCUT2D eigenvalue weighted by Crippen LogP contribution is 2.28. The second-order valence-corrected chi connectivity index (χ2v) is 9.26. The molecule has 0 unspecified atom stereocenters. The number of aryl methyl sites for hydroxylation is 1. The number of nitrogens with zero attached hydrogens (tertiary/aromatic N) is 1. The molecule has 1 amide bonds. The number of benzene rings is 2. The average Bonchev–Trinajstić information content (AvgIpc) is 2.65. The number of hydrogen-bond acceptors (Lipinski definition) is 4. The minimum Gasteiger partial charge on any atom is -0.494 e. The number of sulfonamides is 1. The van der Waals surface area contributed by atoms with E-state index in [4.69, 9.17) is 4.74 Å². The van der Waals surface area contributed by atoms with E-state index in [1.165, 1.54) is 0 Å². The number of amides is 1. The van der Waals surface area contributed by atoms with Gasteiger partial charge in [-0.3, -0.25) is 9.10 Å². The molecule has 6 nitrogen and oxygen atoms in total. The van der Waals surface area contributed by atoms with Crippen LogP contribution in [0.25, 0.3) is 0 Å². The molecule has 0 spiro atoms. The van der Waals surface area contributed by atoms with Gasteiger partial charge in [-0.05, 0) is 54.7 Å². The minimum absolute atomic E-state index is 0.229. The van der Waals surface area contributed by atoms with E-state index in [-0.39, 0.29) is 12.5 Å². The van der Waals surface area contributed by atoms with E-state index in [0.29, 0.717) is 18.0 Å². The molecule has 2 aromatic rings. The normalized spacial score (nSPS) is 11.4. The lowest BCUT2D eigenvalue weighted by atomic mass is 9.98. The Morgan fingerprint density at radius 2 is 1.79 bits per heavy atom. The lowest BCUT2D eigenvalue weighted by Crippen LogP contribution is -2.37. The highest BCUT2D eigenvalue weighted by Gasteiger charge is 2.22. The van der Waals surface area contributed by atoms with Crippen LogP contribution in [0.15, 0.2) is 42.5 Å². The molecule has 0 bridgehead atoms. The van der Waals surface area contributed by atoms with Crippen molar-refractivity contribution in [3.8, 4) is 5.75 Å². The molecule has 0 saturated carbocycles. The first-order chi connectivity index (χ1) is 13.6. The Bertz CT molecular complexity index is 938. The first-order valence-electron chi connectivity index (χ1n) is 9.73. The van der Waals surface area contributed by atoms with Crippen LogP contribution in [0.1, 0.15) is 44.2 Å². The Morgan fingerprint density at radius 3 is 2.34 bits per heavy atom. The van der Waals surface area contributed by atoms with Gasteiger partial charge in [0, 0.05) is 5.69 Å². The fourth-order valence-corrected chi connectivity index (χ4v) is 3.84. The third-order valence-corrected chi connectivity index (χ3v) is 5.62. The van der Waals surface area contributed by atoms with Crippen molar-refractivity contribution in [1.29, 1.82) is 0 Å². The van der Waals surface area contributed by atoms with Crippen LogP contribution in [0, 0.1) is 6.92 Å². The highest BCUT2D eigenvalue weighted by atomic mass is 32.2. The summed E-state index contributed by atoms with van der Waals surface area (Å²) in [6.45, 7) is 8.32. The van der Waals surface area contributed by atoms with Crippen molar-refractivity contribution < 1.29 is 17.9 Å². The Hall–Kier alpha value is -2.54. The van der Waals surface area contributed by atoms with E-state index in [9.17, 15) is 13.2 Å². The molecule has 0 saturated heterocycles. The fourth-order valence-electron chi connectivity index (χ4n) is 2.98. The Labute approximate surface area is 173 Å². The number of hydrogen-bond donors (Lipinski definition) is 1. The zero-order chi connectivity index (χ0) is 21.6. The van der Waals surface area contributed by atoms with Crippen LogP contribution in [-0.4, -0.2) is 33.7 Å². The average molecular weight is 419 g/mol. The molecular formula is C22H30N2O4S. The maximum Gasteiger partial charge on any atom is 0.245 e. The third-order valence-electron chi connectivity index (χ3n) is 4.48. The van der Waals surface area contributed by atoms with Crippen molar-refractivity contribution in [2.45, 2.75) is 40.0 Å². The monoisotopic (exact) mass is 418 g/mol. The SMILES string of the molecule is CCCOc1ccc(N(CC(=O)Nc2c(C)cccc2C(C)C)S(C)(=O)=O)cc1. The molecule has 0 heterocycles. The number of anilines is 2. The van der Waals surface area contributed by atoms with Gasteiger partial charge in [0.15, 0.2) is 0 Å². The van der Waals surface area contributed by atoms with Crippen molar-refractivity contribution in [3.63, 3.8) is 0 Å². The van der Waals surface area contributed by atoms with Gasteiger partial charge in [0.25, 0.3) is 0 Å². The van der Waals surface area contributed by atoms with Gasteiger partial charge in [0.05, 0.1) is 18.6 Å². The molecular weight excluding hydrogens is 388 g/mol. The van der Waals surface area contributed by atoms with Gasteiger partial charge in [0.2, 0.25) is 15.9 Å². The summed E-state index contributed by atoms with van der Waals surface area (Å²) in [5.74, 6) is 0.500. The molecule has 0 aliphatic rings. The van der Waals surface area contributed by atoms with Crippen molar-refractivity contribution >= 4 is 27.3 Å². The zero-order valence-corrected chi connectivity index (χ0v) is 18.5. The maximum absolute atomic E-state index is 12.7. The number of para-hydroxylation sites is 1. The molecule has 2 rings (SSSR count). The van der Waals surface area contributed by atoms with Gasteiger partial charge in [-0.1, -0.05) is 39.0 Å². The second-order valence-electron chi connectivity index (χ2n) is 7.35. The van der Waals surface area contributed by atoms with Crippen LogP contribution < -0.4 is 14.4 Å². The van der Waals surface area contributed by atoms with Gasteiger partial charge in [-0.25, -0.2) is 8.42 Å². The molecule has 2 aromatic carbocycles. The summed E-state index contributed by atoms with van der Waals surface area (Å²) in [6.07, 6.45) is 1.98. The van der Waals surface area contributed by atoms with E-state index in [2.05, 4.69) is 19.2 Å². The summed E-state index contributed by atoms with van der Waals surface area (Å²) < 4.78 is 31.3. The van der Waals surface area contributed by atoms with Crippen LogP contribution >= 0.6 is 0 Å². The number of nitrogens with one attached hydrogen (secondary N) is 1. The number of carbonyl (C=O) groups is 1. The summed E-state index contributed by atoms with van der Waals surface area (Å²) in [6, 6.07) is 12.5. The van der Waals surface area contributed by atoms with Gasteiger partial charge >= 0.3 is 0 Å². The van der Waals surface area contributed by atoms with Gasteiger partial charge in [0.1, 0.15) is 12.3 Å². The van der Waals surface area contributed by atoms with Gasteiger partial charge in [-0.15, -0.1) is 0 Å². The largest absolute Gasteiger partial charge is 0.494 e. The minimum atomic E-state index is -3.64. The van der Waals surface area contributed by atoms with Gasteiger partial charge < -0.3 is 10.1 Å². The summed E-state index contributed by atoms with van der Waals surface area (Å²) in [4.78, 5) is 12.7. The Balaban J connectivity index is 2.23. The number of carbonyl (C=O) groups excluding carboxylic acids is 1. The molecule has 158 valence electrons. The van der Waals surface area contributed by atoms with Crippen LogP contribution in [0.2, 0.25) is 0 Å². The second kappa shape index (κ2) is 9.78. The first-order valence-corrected chi connectivity index (χ1v) is 11.6. The molecule has 1 N–H and O–H groups in total. The molecule has 0 aromatic heterocycles. The molecule has 0 aliphatic heterocycles. The topological polar surface area (TPSA) is 75.7 Å². The standard InChI is InChI=1S/C22H30N2O4S/c1-6-14-28-19-12-10-18(11-13-19)24(29(5,26)27)15-21(25)23-22-17(4)8-7-9-20(22)16(2)3/h7-13,16H,6,14-15H2,1-5H3,(H,23,25). The van der Waals surface area contributed by atoms with E-state index in [0.717, 1.165) is 33.8 Å². The molecule has 0 atom stereocenters. The molecule has 29 heavy (non-hydrogen) atoms. The predicted octanol–water partition coefficient (Wildman–Crippen LogP) is 4.31. The van der Waals surface area contributed by atoms with Crippen molar-refractivity contribution in [2.75, 3.05) is 29.0 Å². The molecule has 0 aliphatic carbocycles. The predicted molar refractivity (Wildman–Crippen MR) is 118 cm³/mol. The maximum atomic E-state index is 12.7. The molecule has 0 fully saturated rings. The molecule has 7 heteroatoms. The lowest BCUT2D eigenvalue weighted by molar-refractivity contribution is -0.114. The Kier molecular flexibility index (Phi) is 7.67. The van der Waals surface area contributed by atoms with E-state index >= 15 is 0 Å². The van der Waals surface area contributed by atoms with Gasteiger partial charge in [-0.2, -0.15) is 0 Å². The smallest absolute Gasteiger partial charge is 0.245 e. The van der Waals surface area contributed by atoms with E-state index in [1.54, 1.807) is 24.3 Å². The zero-order valence-electron chi connectivity index (χ0n) is 17.7. The highest BCUT2D eigenvalue weighted by molar-refractivity contribution is 7.92. The van der Waals surface area contributed by atoms with E-state index in [1.807, 2.05) is 32.0 Å². The number of ether oxygens (including phenoxy) is 1. The summed E-state index contributed by atoms with van der Waals surface area (Å²) in [7, 11) is -3.64. The molecule has 0 radical (unpaired) electrons. The summed E-state index contributed by atoms with van der Waals surface area (Å²) in [5.41, 5.74) is 3.11. The third kappa shape index (κ3) is 6.22. The summed E-state index contributed by atoms with van der Waals surface area (Å²) in [5, 5.41) is 2.90. The van der Waals surface area contributed by atoms with E-state index < -0.39 is 15.9 Å². The first kappa shape index (κ1) is 22.7. The van der Waals surface area contributed by atoms with Crippen molar-refractivity contribution in [2.24, 2.45) is 0 Å². The Morgan fingerprint density at radius 1 is 1.14 bits per heavy atom. The van der Waals surface area contributed by atoms with Crippen LogP contribution in [0.5, 0.6) is 5.75 Å². The summed E-state index contributed by atoms with van der Waals surface area (Å²) >= 11 is 0. The van der Waals surface area contributed by atoms with Crippen LogP contribution in [0.3, 0.4) is 0 Å². The van der Waals surface area contributed by atoms with Crippen LogP contribution in [0.4, 0.5) is 11.4 Å². The van der Waals surface area contributed by atoms with Crippen LogP contribution in [-0.2, 0) is 14.8 Å². The fraction of sp³-hybridized carbons (Fsp3) is 0.409.